The summed E-state index contributed by atoms with van der Waals surface area (Å²) in [5, 5.41) is 9.49. The van der Waals surface area contributed by atoms with Gasteiger partial charge in [0.05, 0.1) is 5.92 Å². The third kappa shape index (κ3) is 7.55. The third-order valence-electron chi connectivity index (χ3n) is 4.77. The fourth-order valence-electron chi connectivity index (χ4n) is 3.17. The van der Waals surface area contributed by atoms with Crippen LogP contribution in [0.5, 0.6) is 0 Å². The minimum atomic E-state index is -0.767. The van der Waals surface area contributed by atoms with Crippen LogP contribution in [0.2, 0.25) is 0 Å². The average Bonchev–Trinajstić information content (AvgIpc) is 2.64. The van der Waals surface area contributed by atoms with Crippen molar-refractivity contribution in [2.24, 2.45) is 5.92 Å². The van der Waals surface area contributed by atoms with Gasteiger partial charge in [0.2, 0.25) is 0 Å². The zero-order valence-corrected chi connectivity index (χ0v) is 15.2. The lowest BCUT2D eigenvalue weighted by molar-refractivity contribution is -0.206. The Labute approximate surface area is 150 Å². The molecule has 0 radical (unpaired) electrons. The van der Waals surface area contributed by atoms with E-state index in [1.165, 1.54) is 5.56 Å². The van der Waals surface area contributed by atoms with Crippen LogP contribution in [0.1, 0.15) is 57.4 Å². The van der Waals surface area contributed by atoms with Crippen molar-refractivity contribution in [3.05, 3.63) is 35.9 Å². The maximum Gasteiger partial charge on any atom is 0.308 e. The Balaban J connectivity index is 1.64. The Bertz CT molecular complexity index is 488. The number of ether oxygens (including phenoxy) is 1. The summed E-state index contributed by atoms with van der Waals surface area (Å²) in [6.07, 6.45) is 7.51. The number of aliphatic carboxylic acids is 1. The number of nitrogens with one attached hydrogen (secondary N) is 1. The van der Waals surface area contributed by atoms with E-state index in [1.807, 2.05) is 13.0 Å². The lowest BCUT2D eigenvalue weighted by atomic mass is 9.94. The number of unbranched alkanes of at least 4 members (excludes halogenated alkanes) is 2. The molecular formula is C20H31NO4. The predicted molar refractivity (Wildman–Crippen MR) is 97.0 cm³/mol. The topological polar surface area (TPSA) is 67.8 Å². The monoisotopic (exact) mass is 349 g/mol. The zero-order valence-electron chi connectivity index (χ0n) is 15.2. The quantitative estimate of drug-likeness (QED) is 0.468. The van der Waals surface area contributed by atoms with Crippen LogP contribution in [0.25, 0.3) is 0 Å². The maximum atomic E-state index is 11.6. The molecule has 5 heteroatoms. The van der Waals surface area contributed by atoms with Crippen LogP contribution in [-0.4, -0.2) is 30.0 Å². The number of carboxylic acid groups (broad SMARTS) is 1. The minimum absolute atomic E-state index is 0.239. The Morgan fingerprint density at radius 1 is 1.28 bits per heavy atom. The van der Waals surface area contributed by atoms with Crippen molar-refractivity contribution in [1.29, 1.82) is 0 Å². The molecule has 140 valence electrons. The molecule has 1 aliphatic rings. The highest BCUT2D eigenvalue weighted by molar-refractivity contribution is 5.70. The largest absolute Gasteiger partial charge is 0.481 e. The van der Waals surface area contributed by atoms with E-state index in [-0.39, 0.29) is 12.3 Å². The molecule has 25 heavy (non-hydrogen) atoms. The van der Waals surface area contributed by atoms with Crippen molar-refractivity contribution in [3.63, 3.8) is 0 Å². The Morgan fingerprint density at radius 3 is 2.76 bits per heavy atom. The summed E-state index contributed by atoms with van der Waals surface area (Å²) in [5.74, 6) is -1.21. The number of rotatable bonds is 11. The van der Waals surface area contributed by atoms with E-state index in [9.17, 15) is 9.90 Å². The highest BCUT2D eigenvalue weighted by Crippen LogP contribution is 2.18. The molecule has 1 heterocycles. The van der Waals surface area contributed by atoms with Gasteiger partial charge in [-0.3, -0.25) is 9.63 Å². The minimum Gasteiger partial charge on any atom is -0.481 e. The first-order chi connectivity index (χ1) is 12.2. The molecule has 0 aliphatic carbocycles. The first kappa shape index (κ1) is 19.9. The van der Waals surface area contributed by atoms with Crippen molar-refractivity contribution in [1.82, 2.24) is 5.48 Å². The van der Waals surface area contributed by atoms with E-state index in [0.717, 1.165) is 44.9 Å². The molecule has 1 fully saturated rings. The number of carboxylic acids is 1. The first-order valence-corrected chi connectivity index (χ1v) is 9.46. The summed E-state index contributed by atoms with van der Waals surface area (Å²) < 4.78 is 5.49. The molecule has 0 amide bonds. The molecule has 3 unspecified atom stereocenters. The van der Waals surface area contributed by atoms with E-state index < -0.39 is 11.9 Å². The SMILES string of the molecule is CC(NOC1CCCCO1)C(CCCCCc1ccccc1)C(=O)O. The molecule has 2 rings (SSSR count). The number of benzene rings is 1. The number of aryl methyl sites for hydroxylation is 1. The van der Waals surface area contributed by atoms with Crippen molar-refractivity contribution < 1.29 is 19.5 Å². The second-order valence-corrected chi connectivity index (χ2v) is 6.85. The van der Waals surface area contributed by atoms with Crippen molar-refractivity contribution in [3.8, 4) is 0 Å². The van der Waals surface area contributed by atoms with Gasteiger partial charge < -0.3 is 9.84 Å². The predicted octanol–water partition coefficient (Wildman–Crippen LogP) is 3.93. The smallest absolute Gasteiger partial charge is 0.308 e. The van der Waals surface area contributed by atoms with Gasteiger partial charge in [-0.2, -0.15) is 5.48 Å². The molecule has 0 bridgehead atoms. The number of hydrogen-bond donors (Lipinski definition) is 2. The molecule has 2 N–H and O–H groups in total. The van der Waals surface area contributed by atoms with Gasteiger partial charge in [-0.05, 0) is 44.6 Å². The Kier molecular flexibility index (Phi) is 8.94. The summed E-state index contributed by atoms with van der Waals surface area (Å²) in [6.45, 7) is 2.58. The standard InChI is InChI=1S/C20H31NO4/c1-16(21-25-19-14-8-9-15-24-19)18(20(22)23)13-7-3-6-12-17-10-4-2-5-11-17/h2,4-5,10-11,16,18-19,21H,3,6-9,12-15H2,1H3,(H,22,23). The van der Waals surface area contributed by atoms with Crippen LogP contribution < -0.4 is 5.48 Å². The lowest BCUT2D eigenvalue weighted by Crippen LogP contribution is -2.41. The van der Waals surface area contributed by atoms with Gasteiger partial charge in [0, 0.05) is 19.1 Å². The molecule has 0 spiro atoms. The molecule has 1 aromatic carbocycles. The molecular weight excluding hydrogens is 318 g/mol. The van der Waals surface area contributed by atoms with Gasteiger partial charge in [0.15, 0.2) is 6.29 Å². The normalized spacial score (nSPS) is 20.1. The average molecular weight is 349 g/mol. The summed E-state index contributed by atoms with van der Waals surface area (Å²) in [4.78, 5) is 17.1. The molecule has 1 saturated heterocycles. The van der Waals surface area contributed by atoms with Crippen LogP contribution in [0, 0.1) is 5.92 Å². The summed E-state index contributed by atoms with van der Waals surface area (Å²) >= 11 is 0. The molecule has 3 atom stereocenters. The molecule has 1 aliphatic heterocycles. The van der Waals surface area contributed by atoms with E-state index in [0.29, 0.717) is 13.0 Å². The van der Waals surface area contributed by atoms with Crippen molar-refractivity contribution in [2.75, 3.05) is 6.61 Å². The van der Waals surface area contributed by atoms with Crippen LogP contribution in [0.4, 0.5) is 0 Å². The van der Waals surface area contributed by atoms with Gasteiger partial charge in [-0.15, -0.1) is 0 Å². The summed E-state index contributed by atoms with van der Waals surface area (Å²) in [6, 6.07) is 10.2. The van der Waals surface area contributed by atoms with Crippen molar-refractivity contribution in [2.45, 2.75) is 70.6 Å². The molecule has 0 aromatic heterocycles. The van der Waals surface area contributed by atoms with Gasteiger partial charge in [-0.25, -0.2) is 0 Å². The van der Waals surface area contributed by atoms with Gasteiger partial charge in [0.1, 0.15) is 0 Å². The number of carbonyl (C=O) groups is 1. The second-order valence-electron chi connectivity index (χ2n) is 6.85. The van der Waals surface area contributed by atoms with Gasteiger partial charge in [-0.1, -0.05) is 43.2 Å². The molecule has 1 aromatic rings. The highest BCUT2D eigenvalue weighted by Gasteiger charge is 2.25. The van der Waals surface area contributed by atoms with Crippen molar-refractivity contribution >= 4 is 5.97 Å². The fraction of sp³-hybridized carbons (Fsp3) is 0.650. The van der Waals surface area contributed by atoms with E-state index in [4.69, 9.17) is 9.57 Å². The summed E-state index contributed by atoms with van der Waals surface area (Å²) in [5.41, 5.74) is 4.24. The molecule has 0 saturated carbocycles. The number of hydrogen-bond acceptors (Lipinski definition) is 4. The van der Waals surface area contributed by atoms with Crippen LogP contribution in [0.3, 0.4) is 0 Å². The lowest BCUT2D eigenvalue weighted by Gasteiger charge is -2.26. The fourth-order valence-corrected chi connectivity index (χ4v) is 3.17. The molecule has 5 nitrogen and oxygen atoms in total. The second kappa shape index (κ2) is 11.2. The van der Waals surface area contributed by atoms with Crippen LogP contribution in [-0.2, 0) is 20.8 Å². The first-order valence-electron chi connectivity index (χ1n) is 9.46. The Hall–Kier alpha value is -1.43. The van der Waals surface area contributed by atoms with Gasteiger partial charge >= 0.3 is 5.97 Å². The Morgan fingerprint density at radius 2 is 2.08 bits per heavy atom. The number of hydroxylamine groups is 1. The third-order valence-corrected chi connectivity index (χ3v) is 4.77. The van der Waals surface area contributed by atoms with E-state index in [2.05, 4.69) is 29.7 Å². The maximum absolute atomic E-state index is 11.6. The van der Waals surface area contributed by atoms with E-state index >= 15 is 0 Å². The zero-order chi connectivity index (χ0) is 17.9. The highest BCUT2D eigenvalue weighted by atomic mass is 16.8. The summed E-state index contributed by atoms with van der Waals surface area (Å²) in [7, 11) is 0. The van der Waals surface area contributed by atoms with Gasteiger partial charge in [0.25, 0.3) is 0 Å². The van der Waals surface area contributed by atoms with E-state index in [1.54, 1.807) is 0 Å². The van der Waals surface area contributed by atoms with Crippen LogP contribution >= 0.6 is 0 Å². The van der Waals surface area contributed by atoms with Crippen LogP contribution in [0.15, 0.2) is 30.3 Å².